The lowest BCUT2D eigenvalue weighted by molar-refractivity contribution is 0.223. The van der Waals surface area contributed by atoms with Crippen molar-refractivity contribution >= 4 is 21.4 Å². The normalized spacial score (nSPS) is 12.8. The van der Waals surface area contributed by atoms with E-state index in [1.807, 2.05) is 26.0 Å². The van der Waals surface area contributed by atoms with Gasteiger partial charge in [0.25, 0.3) is 0 Å². The van der Waals surface area contributed by atoms with Crippen LogP contribution in [0.15, 0.2) is 36.4 Å². The molecule has 1 unspecified atom stereocenters. The van der Waals surface area contributed by atoms with E-state index in [0.29, 0.717) is 0 Å². The zero-order valence-electron chi connectivity index (χ0n) is 12.3. The van der Waals surface area contributed by atoms with Crippen LogP contribution in [0.25, 0.3) is 10.1 Å². The maximum Gasteiger partial charge on any atom is 0.124 e. The first-order chi connectivity index (χ1) is 9.95. The highest BCUT2D eigenvalue weighted by Crippen LogP contribution is 2.35. The number of hydrogen-bond acceptors (Lipinski definition) is 2. The molecule has 0 aliphatic rings. The molecule has 1 aromatic heterocycles. The second-order valence-corrected chi connectivity index (χ2v) is 6.64. The van der Waals surface area contributed by atoms with Crippen molar-refractivity contribution in [2.24, 2.45) is 0 Å². The van der Waals surface area contributed by atoms with Crippen molar-refractivity contribution in [3.63, 3.8) is 0 Å². The Balaban J connectivity index is 2.07. The van der Waals surface area contributed by atoms with Crippen LogP contribution in [-0.4, -0.2) is 5.11 Å². The molecule has 0 fully saturated rings. The Morgan fingerprint density at radius 3 is 2.43 bits per heavy atom. The third kappa shape index (κ3) is 2.59. The van der Waals surface area contributed by atoms with Gasteiger partial charge < -0.3 is 5.11 Å². The number of hydrogen-bond donors (Lipinski definition) is 1. The molecule has 1 N–H and O–H groups in total. The zero-order chi connectivity index (χ0) is 15.1. The summed E-state index contributed by atoms with van der Waals surface area (Å²) in [5, 5.41) is 11.6. The van der Waals surface area contributed by atoms with Crippen molar-refractivity contribution in [3.8, 4) is 0 Å². The van der Waals surface area contributed by atoms with E-state index in [2.05, 4.69) is 13.0 Å². The van der Waals surface area contributed by atoms with Crippen LogP contribution < -0.4 is 0 Å². The molecule has 0 saturated heterocycles. The Kier molecular flexibility index (Phi) is 3.56. The molecule has 1 atom stereocenters. The number of aliphatic hydroxyl groups excluding tert-OH is 1. The van der Waals surface area contributed by atoms with E-state index in [9.17, 15) is 9.50 Å². The predicted molar refractivity (Wildman–Crippen MR) is 86.5 cm³/mol. The lowest BCUT2D eigenvalue weighted by atomic mass is 9.96. The summed E-state index contributed by atoms with van der Waals surface area (Å²) in [6.45, 7) is 6.13. The largest absolute Gasteiger partial charge is 0.383 e. The molecule has 0 aliphatic carbocycles. The highest BCUT2D eigenvalue weighted by Gasteiger charge is 2.17. The van der Waals surface area contributed by atoms with E-state index in [1.165, 1.54) is 34.6 Å². The van der Waals surface area contributed by atoms with Gasteiger partial charge in [0.15, 0.2) is 0 Å². The average Bonchev–Trinajstić information content (AvgIpc) is 2.85. The van der Waals surface area contributed by atoms with Gasteiger partial charge in [0.2, 0.25) is 0 Å². The van der Waals surface area contributed by atoms with E-state index < -0.39 is 6.10 Å². The number of benzene rings is 2. The highest BCUT2D eigenvalue weighted by atomic mass is 32.1. The van der Waals surface area contributed by atoms with Crippen LogP contribution in [-0.2, 0) is 0 Å². The zero-order valence-corrected chi connectivity index (χ0v) is 13.1. The molecule has 0 spiro atoms. The van der Waals surface area contributed by atoms with Crippen LogP contribution in [0, 0.1) is 26.6 Å². The minimum Gasteiger partial charge on any atom is -0.383 e. The minimum atomic E-state index is -0.662. The molecule has 1 nitrogen and oxygen atoms in total. The standard InChI is InChI=1S/C18H17FOS/c1-10-6-12(3)15(7-11(10)2)18(20)17-8-13-4-5-14(19)9-16(13)21-17/h4-9,18,20H,1-3H3. The first-order valence-corrected chi connectivity index (χ1v) is 7.72. The number of aliphatic hydroxyl groups is 1. The number of thiophene rings is 1. The van der Waals surface area contributed by atoms with Gasteiger partial charge in [-0.3, -0.25) is 0 Å². The molecule has 3 heteroatoms. The summed E-state index contributed by atoms with van der Waals surface area (Å²) in [5.41, 5.74) is 4.39. The molecular formula is C18H17FOS. The number of aryl methyl sites for hydroxylation is 3. The fourth-order valence-electron chi connectivity index (χ4n) is 2.59. The van der Waals surface area contributed by atoms with Crippen LogP contribution in [0.1, 0.15) is 33.2 Å². The van der Waals surface area contributed by atoms with Gasteiger partial charge in [0.1, 0.15) is 11.9 Å². The van der Waals surface area contributed by atoms with Gasteiger partial charge in [-0.2, -0.15) is 0 Å². The van der Waals surface area contributed by atoms with Gasteiger partial charge in [-0.25, -0.2) is 4.39 Å². The molecule has 3 rings (SSSR count). The van der Waals surface area contributed by atoms with Gasteiger partial charge in [-0.1, -0.05) is 18.2 Å². The minimum absolute atomic E-state index is 0.243. The topological polar surface area (TPSA) is 20.2 Å². The van der Waals surface area contributed by atoms with Gasteiger partial charge >= 0.3 is 0 Å². The van der Waals surface area contributed by atoms with Crippen LogP contribution in [0.5, 0.6) is 0 Å². The number of rotatable bonds is 2. The molecule has 0 amide bonds. The molecule has 21 heavy (non-hydrogen) atoms. The van der Waals surface area contributed by atoms with Gasteiger partial charge in [-0.15, -0.1) is 11.3 Å². The van der Waals surface area contributed by atoms with E-state index in [0.717, 1.165) is 26.1 Å². The van der Waals surface area contributed by atoms with E-state index in [-0.39, 0.29) is 5.82 Å². The van der Waals surface area contributed by atoms with Crippen molar-refractivity contribution < 1.29 is 9.50 Å². The second-order valence-electron chi connectivity index (χ2n) is 5.53. The summed E-state index contributed by atoms with van der Waals surface area (Å²) < 4.78 is 14.1. The van der Waals surface area contributed by atoms with Crippen LogP contribution in [0.3, 0.4) is 0 Å². The molecule has 0 radical (unpaired) electrons. The van der Waals surface area contributed by atoms with Gasteiger partial charge in [0.05, 0.1) is 0 Å². The summed E-state index contributed by atoms with van der Waals surface area (Å²) in [6.07, 6.45) is -0.662. The van der Waals surface area contributed by atoms with E-state index >= 15 is 0 Å². The van der Waals surface area contributed by atoms with Crippen LogP contribution in [0.2, 0.25) is 0 Å². The summed E-state index contributed by atoms with van der Waals surface area (Å²) in [6, 6.07) is 10.8. The fourth-order valence-corrected chi connectivity index (χ4v) is 3.69. The van der Waals surface area contributed by atoms with Crippen molar-refractivity contribution in [2.45, 2.75) is 26.9 Å². The Labute approximate surface area is 127 Å². The molecule has 108 valence electrons. The average molecular weight is 300 g/mol. The van der Waals surface area contributed by atoms with Crippen molar-refractivity contribution in [2.75, 3.05) is 0 Å². The van der Waals surface area contributed by atoms with Gasteiger partial charge in [-0.05, 0) is 66.6 Å². The summed E-state index contributed by atoms with van der Waals surface area (Å²) in [5.74, 6) is -0.243. The van der Waals surface area contributed by atoms with E-state index in [4.69, 9.17) is 0 Å². The smallest absolute Gasteiger partial charge is 0.124 e. The van der Waals surface area contributed by atoms with Crippen molar-refractivity contribution in [1.82, 2.24) is 0 Å². The molecule has 0 aliphatic heterocycles. The van der Waals surface area contributed by atoms with E-state index in [1.54, 1.807) is 6.07 Å². The first-order valence-electron chi connectivity index (χ1n) is 6.90. The predicted octanol–water partition coefficient (Wildman–Crippen LogP) is 5.05. The number of fused-ring (bicyclic) bond motifs is 1. The Hall–Kier alpha value is -1.71. The maximum atomic E-state index is 13.3. The van der Waals surface area contributed by atoms with Gasteiger partial charge in [0, 0.05) is 9.58 Å². The molecule has 3 aromatic rings. The summed E-state index contributed by atoms with van der Waals surface area (Å²) in [7, 11) is 0. The maximum absolute atomic E-state index is 13.3. The summed E-state index contributed by atoms with van der Waals surface area (Å²) >= 11 is 1.44. The van der Waals surface area contributed by atoms with Crippen molar-refractivity contribution in [1.29, 1.82) is 0 Å². The Bertz CT molecular complexity index is 819. The molecule has 0 saturated carbocycles. The first kappa shape index (κ1) is 14.2. The monoisotopic (exact) mass is 300 g/mol. The number of halogens is 1. The summed E-state index contributed by atoms with van der Waals surface area (Å²) in [4.78, 5) is 0.849. The van der Waals surface area contributed by atoms with Crippen molar-refractivity contribution in [3.05, 3.63) is 69.3 Å². The molecule has 2 aromatic carbocycles. The SMILES string of the molecule is Cc1cc(C)c(C(O)c2cc3ccc(F)cc3s2)cc1C. The molecule has 1 heterocycles. The van der Waals surface area contributed by atoms with Crippen LogP contribution >= 0.6 is 11.3 Å². The quantitative estimate of drug-likeness (QED) is 0.702. The lowest BCUT2D eigenvalue weighted by Crippen LogP contribution is -2.01. The second kappa shape index (κ2) is 5.24. The highest BCUT2D eigenvalue weighted by molar-refractivity contribution is 7.19. The fraction of sp³-hybridized carbons (Fsp3) is 0.222. The molecule has 0 bridgehead atoms. The third-order valence-electron chi connectivity index (χ3n) is 3.95. The Morgan fingerprint density at radius 1 is 0.952 bits per heavy atom. The molecular weight excluding hydrogens is 283 g/mol. The Morgan fingerprint density at radius 2 is 1.67 bits per heavy atom. The lowest BCUT2D eigenvalue weighted by Gasteiger charge is -2.14. The van der Waals surface area contributed by atoms with Crippen LogP contribution in [0.4, 0.5) is 4.39 Å². The third-order valence-corrected chi connectivity index (χ3v) is 5.10.